The lowest BCUT2D eigenvalue weighted by Gasteiger charge is -2.15. The van der Waals surface area contributed by atoms with Gasteiger partial charge in [0.05, 0.1) is 0 Å². The Balaban J connectivity index is 2.24. The maximum atomic E-state index is 5.56. The fourth-order valence-electron chi connectivity index (χ4n) is 1.69. The van der Waals surface area contributed by atoms with Crippen LogP contribution in [0.1, 0.15) is 38.0 Å². The van der Waals surface area contributed by atoms with Crippen LogP contribution in [0.5, 0.6) is 0 Å². The Labute approximate surface area is 96.9 Å². The molecule has 0 amide bonds. The molecule has 1 unspecified atom stereocenters. The molecule has 15 heavy (non-hydrogen) atoms. The third kappa shape index (κ3) is 5.30. The van der Waals surface area contributed by atoms with E-state index in [1.165, 1.54) is 24.1 Å². The van der Waals surface area contributed by atoms with Gasteiger partial charge in [0.1, 0.15) is 0 Å². The van der Waals surface area contributed by atoms with Gasteiger partial charge in [-0.1, -0.05) is 32.8 Å². The molecule has 0 aliphatic carbocycles. The molecule has 0 saturated heterocycles. The summed E-state index contributed by atoms with van der Waals surface area (Å²) < 4.78 is 0. The number of hydrogen-bond donors (Lipinski definition) is 2. The van der Waals surface area contributed by atoms with Crippen molar-refractivity contribution in [3.05, 3.63) is 22.4 Å². The molecule has 1 aromatic rings. The highest BCUT2D eigenvalue weighted by Crippen LogP contribution is 2.15. The lowest BCUT2D eigenvalue weighted by molar-refractivity contribution is 0.443. The van der Waals surface area contributed by atoms with Crippen molar-refractivity contribution >= 4 is 11.3 Å². The third-order valence-electron chi connectivity index (χ3n) is 2.60. The van der Waals surface area contributed by atoms with Crippen molar-refractivity contribution < 1.29 is 0 Å². The first-order valence-electron chi connectivity index (χ1n) is 5.71. The summed E-state index contributed by atoms with van der Waals surface area (Å²) in [6, 6.07) is 4.71. The van der Waals surface area contributed by atoms with Crippen LogP contribution in [-0.4, -0.2) is 6.04 Å². The number of thiophene rings is 1. The van der Waals surface area contributed by atoms with E-state index in [-0.39, 0.29) is 0 Å². The molecule has 2 nitrogen and oxygen atoms in total. The van der Waals surface area contributed by atoms with E-state index in [1.807, 2.05) is 11.3 Å². The Morgan fingerprint density at radius 2 is 2.20 bits per heavy atom. The van der Waals surface area contributed by atoms with E-state index in [9.17, 15) is 0 Å². The van der Waals surface area contributed by atoms with Crippen molar-refractivity contribution in [3.8, 4) is 0 Å². The molecular weight excluding hydrogens is 204 g/mol. The van der Waals surface area contributed by atoms with Gasteiger partial charge >= 0.3 is 0 Å². The molecule has 86 valence electrons. The number of nitrogens with one attached hydrogen (secondary N) is 1. The monoisotopic (exact) mass is 226 g/mol. The quantitative estimate of drug-likeness (QED) is 0.554. The summed E-state index contributed by atoms with van der Waals surface area (Å²) in [5.41, 5.74) is 2.92. The largest absolute Gasteiger partial charge is 0.271 e. The molecule has 1 atom stereocenters. The summed E-state index contributed by atoms with van der Waals surface area (Å²) in [6.07, 6.45) is 4.79. The SMILES string of the molecule is CC(C)CCCC(Cc1cccs1)NN. The molecule has 0 aromatic carbocycles. The van der Waals surface area contributed by atoms with E-state index in [0.29, 0.717) is 6.04 Å². The maximum absolute atomic E-state index is 5.56. The summed E-state index contributed by atoms with van der Waals surface area (Å²) in [5.74, 6) is 6.36. The molecule has 3 N–H and O–H groups in total. The smallest absolute Gasteiger partial charge is 0.0258 e. The van der Waals surface area contributed by atoms with Crippen molar-refractivity contribution in [2.75, 3.05) is 0 Å². The van der Waals surface area contributed by atoms with Crippen LogP contribution in [0.25, 0.3) is 0 Å². The van der Waals surface area contributed by atoms with Gasteiger partial charge in [-0.05, 0) is 30.2 Å². The highest BCUT2D eigenvalue weighted by molar-refractivity contribution is 7.09. The Hall–Kier alpha value is -0.380. The molecule has 0 spiro atoms. The molecule has 0 aliphatic heterocycles. The van der Waals surface area contributed by atoms with Crippen LogP contribution in [-0.2, 0) is 6.42 Å². The fraction of sp³-hybridized carbons (Fsp3) is 0.667. The van der Waals surface area contributed by atoms with Gasteiger partial charge < -0.3 is 0 Å². The number of rotatable bonds is 7. The van der Waals surface area contributed by atoms with Crippen LogP contribution >= 0.6 is 11.3 Å². The molecule has 0 radical (unpaired) electrons. The third-order valence-corrected chi connectivity index (χ3v) is 3.50. The van der Waals surface area contributed by atoms with E-state index < -0.39 is 0 Å². The first-order chi connectivity index (χ1) is 7.22. The van der Waals surface area contributed by atoms with Gasteiger partial charge in [0.25, 0.3) is 0 Å². The zero-order valence-corrected chi connectivity index (χ0v) is 10.5. The minimum atomic E-state index is 0.433. The van der Waals surface area contributed by atoms with Crippen LogP contribution in [0.2, 0.25) is 0 Å². The van der Waals surface area contributed by atoms with Gasteiger partial charge in [0.2, 0.25) is 0 Å². The molecule has 0 bridgehead atoms. The topological polar surface area (TPSA) is 38.0 Å². The average molecular weight is 226 g/mol. The average Bonchev–Trinajstić information content (AvgIpc) is 2.68. The summed E-state index contributed by atoms with van der Waals surface area (Å²) in [6.45, 7) is 4.54. The molecule has 1 aromatic heterocycles. The molecule has 0 saturated carbocycles. The first kappa shape index (κ1) is 12.7. The number of hydrazine groups is 1. The van der Waals surface area contributed by atoms with Crippen LogP contribution in [0.3, 0.4) is 0 Å². The van der Waals surface area contributed by atoms with Gasteiger partial charge in [-0.2, -0.15) is 0 Å². The maximum Gasteiger partial charge on any atom is 0.0258 e. The Morgan fingerprint density at radius 1 is 1.40 bits per heavy atom. The Bertz CT molecular complexity index is 244. The Kier molecular flexibility index (Phi) is 5.91. The minimum Gasteiger partial charge on any atom is -0.271 e. The van der Waals surface area contributed by atoms with Gasteiger partial charge in [-0.15, -0.1) is 11.3 Å². The van der Waals surface area contributed by atoms with E-state index in [2.05, 4.69) is 36.8 Å². The van der Waals surface area contributed by atoms with Crippen LogP contribution < -0.4 is 11.3 Å². The zero-order valence-electron chi connectivity index (χ0n) is 9.70. The van der Waals surface area contributed by atoms with Crippen molar-refractivity contribution in [2.45, 2.75) is 45.6 Å². The molecule has 1 heterocycles. The molecule has 1 rings (SSSR count). The summed E-state index contributed by atoms with van der Waals surface area (Å²) >= 11 is 1.81. The lowest BCUT2D eigenvalue weighted by Crippen LogP contribution is -2.36. The van der Waals surface area contributed by atoms with Gasteiger partial charge in [-0.3, -0.25) is 11.3 Å². The second kappa shape index (κ2) is 6.99. The Morgan fingerprint density at radius 3 is 2.73 bits per heavy atom. The molecule has 3 heteroatoms. The lowest BCUT2D eigenvalue weighted by atomic mass is 10.0. The molecular formula is C12H22N2S. The zero-order chi connectivity index (χ0) is 11.1. The standard InChI is InChI=1S/C12H22N2S/c1-10(2)5-3-6-11(14-13)9-12-7-4-8-15-12/h4,7-8,10-11,14H,3,5-6,9,13H2,1-2H3. The van der Waals surface area contributed by atoms with Gasteiger partial charge in [0.15, 0.2) is 0 Å². The highest BCUT2D eigenvalue weighted by Gasteiger charge is 2.08. The number of nitrogens with two attached hydrogens (primary N) is 1. The molecule has 0 aliphatic rings. The second-order valence-corrected chi connectivity index (χ2v) is 5.50. The first-order valence-corrected chi connectivity index (χ1v) is 6.59. The summed E-state index contributed by atoms with van der Waals surface area (Å²) in [5, 5.41) is 2.12. The van der Waals surface area contributed by atoms with Crippen LogP contribution in [0.4, 0.5) is 0 Å². The van der Waals surface area contributed by atoms with Crippen molar-refractivity contribution in [2.24, 2.45) is 11.8 Å². The van der Waals surface area contributed by atoms with Crippen molar-refractivity contribution in [1.29, 1.82) is 0 Å². The van der Waals surface area contributed by atoms with Crippen molar-refractivity contribution in [1.82, 2.24) is 5.43 Å². The van der Waals surface area contributed by atoms with Crippen LogP contribution in [0, 0.1) is 5.92 Å². The van der Waals surface area contributed by atoms with Gasteiger partial charge in [0, 0.05) is 10.9 Å². The fourth-order valence-corrected chi connectivity index (χ4v) is 2.47. The number of hydrogen-bond acceptors (Lipinski definition) is 3. The normalized spacial score (nSPS) is 13.3. The van der Waals surface area contributed by atoms with E-state index >= 15 is 0 Å². The molecule has 0 fully saturated rings. The van der Waals surface area contributed by atoms with E-state index in [1.54, 1.807) is 0 Å². The highest BCUT2D eigenvalue weighted by atomic mass is 32.1. The van der Waals surface area contributed by atoms with E-state index in [4.69, 9.17) is 5.84 Å². The predicted octanol–water partition coefficient (Wildman–Crippen LogP) is 2.95. The predicted molar refractivity (Wildman–Crippen MR) is 67.8 cm³/mol. The van der Waals surface area contributed by atoms with Gasteiger partial charge in [-0.25, -0.2) is 0 Å². The summed E-state index contributed by atoms with van der Waals surface area (Å²) in [4.78, 5) is 1.42. The van der Waals surface area contributed by atoms with E-state index in [0.717, 1.165) is 12.3 Å². The van der Waals surface area contributed by atoms with Crippen LogP contribution in [0.15, 0.2) is 17.5 Å². The second-order valence-electron chi connectivity index (χ2n) is 4.47. The minimum absolute atomic E-state index is 0.433. The summed E-state index contributed by atoms with van der Waals surface area (Å²) in [7, 11) is 0. The van der Waals surface area contributed by atoms with Crippen molar-refractivity contribution in [3.63, 3.8) is 0 Å².